The largest absolute Gasteiger partial charge is 0.355 e. The number of amides is 1. The highest BCUT2D eigenvalue weighted by Crippen LogP contribution is 2.23. The average molecular weight is 493 g/mol. The normalized spacial score (nSPS) is 14.5. The van der Waals surface area contributed by atoms with Crippen molar-refractivity contribution in [3.05, 3.63) is 66.2 Å². The molecule has 1 aliphatic rings. The van der Waals surface area contributed by atoms with Crippen LogP contribution in [0.4, 0.5) is 11.5 Å². The van der Waals surface area contributed by atoms with Crippen LogP contribution in [0.15, 0.2) is 65.6 Å². The van der Waals surface area contributed by atoms with Gasteiger partial charge in [-0.3, -0.25) is 4.79 Å². The van der Waals surface area contributed by atoms with Gasteiger partial charge in [-0.05, 0) is 68.7 Å². The molecule has 2 aromatic carbocycles. The lowest BCUT2D eigenvalue weighted by Gasteiger charge is -2.20. The molecule has 1 amide bonds. The maximum absolute atomic E-state index is 12.6. The van der Waals surface area contributed by atoms with Crippen LogP contribution in [0.25, 0.3) is 11.3 Å². The summed E-state index contributed by atoms with van der Waals surface area (Å²) in [7, 11) is -3.33. The highest BCUT2D eigenvalue weighted by atomic mass is 32.2. The molecule has 0 unspecified atom stereocenters. The second-order valence-electron chi connectivity index (χ2n) is 9.22. The molecule has 0 atom stereocenters. The summed E-state index contributed by atoms with van der Waals surface area (Å²) in [4.78, 5) is 15.2. The number of aromatic nitrogens is 2. The van der Waals surface area contributed by atoms with Crippen molar-refractivity contribution in [2.45, 2.75) is 56.1 Å². The molecule has 0 spiro atoms. The number of rotatable bonds is 7. The van der Waals surface area contributed by atoms with Crippen LogP contribution < -0.4 is 10.2 Å². The monoisotopic (exact) mass is 492 g/mol. The highest BCUT2D eigenvalue weighted by Gasteiger charge is 2.19. The third kappa shape index (κ3) is 6.25. The van der Waals surface area contributed by atoms with Gasteiger partial charge in [-0.2, -0.15) is 0 Å². The molecule has 1 saturated heterocycles. The minimum atomic E-state index is -3.33. The van der Waals surface area contributed by atoms with Gasteiger partial charge in [0.2, 0.25) is 5.91 Å². The summed E-state index contributed by atoms with van der Waals surface area (Å²) in [5.41, 5.74) is 3.05. The molecule has 184 valence electrons. The quantitative estimate of drug-likeness (QED) is 0.505. The summed E-state index contributed by atoms with van der Waals surface area (Å²) < 4.78 is 24.6. The molecular formula is C27H32N4O3S. The molecule has 1 aromatic heterocycles. The van der Waals surface area contributed by atoms with E-state index in [0.29, 0.717) is 5.69 Å². The third-order valence-corrected chi connectivity index (χ3v) is 8.43. The molecule has 3 aromatic rings. The van der Waals surface area contributed by atoms with Gasteiger partial charge in [-0.15, -0.1) is 10.2 Å². The number of carbonyl (C=O) groups excluding carboxylic acids is 1. The summed E-state index contributed by atoms with van der Waals surface area (Å²) in [6, 6.07) is 18.0. The molecule has 1 N–H and O–H groups in total. The zero-order chi connectivity index (χ0) is 24.8. The van der Waals surface area contributed by atoms with E-state index in [-0.39, 0.29) is 17.2 Å². The number of benzene rings is 2. The van der Waals surface area contributed by atoms with Crippen molar-refractivity contribution in [1.29, 1.82) is 0 Å². The summed E-state index contributed by atoms with van der Waals surface area (Å²) in [5, 5.41) is 11.3. The summed E-state index contributed by atoms with van der Waals surface area (Å²) in [6.07, 6.45) is 5.06. The van der Waals surface area contributed by atoms with Crippen molar-refractivity contribution in [1.82, 2.24) is 10.2 Å². The van der Waals surface area contributed by atoms with E-state index in [1.54, 1.807) is 38.1 Å². The second kappa shape index (κ2) is 11.0. The third-order valence-electron chi connectivity index (χ3n) is 6.26. The zero-order valence-electron chi connectivity index (χ0n) is 20.3. The molecule has 7 nitrogen and oxygen atoms in total. The van der Waals surface area contributed by atoms with Gasteiger partial charge in [0.15, 0.2) is 15.7 Å². The SMILES string of the molecule is CC(C)S(=O)(=O)c1ccc(CC(=O)Nc2cccc(-c3ccc(N4CCCCCC4)nn3)c2)cc1. The van der Waals surface area contributed by atoms with Gasteiger partial charge >= 0.3 is 0 Å². The fourth-order valence-electron chi connectivity index (χ4n) is 4.16. The van der Waals surface area contributed by atoms with Crippen LogP contribution in [0.1, 0.15) is 45.1 Å². The summed E-state index contributed by atoms with van der Waals surface area (Å²) in [5.74, 6) is 0.733. The van der Waals surface area contributed by atoms with Crippen LogP contribution in [0.2, 0.25) is 0 Å². The Morgan fingerprint density at radius 3 is 2.29 bits per heavy atom. The Bertz CT molecular complexity index is 1250. The van der Waals surface area contributed by atoms with Crippen molar-refractivity contribution in [3.8, 4) is 11.3 Å². The van der Waals surface area contributed by atoms with Crippen molar-refractivity contribution in [2.75, 3.05) is 23.3 Å². The number of nitrogens with zero attached hydrogens (tertiary/aromatic N) is 3. The van der Waals surface area contributed by atoms with E-state index in [2.05, 4.69) is 20.4 Å². The molecule has 1 fully saturated rings. The summed E-state index contributed by atoms with van der Waals surface area (Å²) in [6.45, 7) is 5.35. The van der Waals surface area contributed by atoms with E-state index >= 15 is 0 Å². The van der Waals surface area contributed by atoms with Gasteiger partial charge in [0.1, 0.15) is 0 Å². The molecule has 8 heteroatoms. The molecule has 0 aliphatic carbocycles. The van der Waals surface area contributed by atoms with E-state index in [4.69, 9.17) is 0 Å². The van der Waals surface area contributed by atoms with Crippen molar-refractivity contribution < 1.29 is 13.2 Å². The van der Waals surface area contributed by atoms with E-state index < -0.39 is 15.1 Å². The van der Waals surface area contributed by atoms with Crippen LogP contribution in [-0.2, 0) is 21.1 Å². The predicted molar refractivity (Wildman–Crippen MR) is 139 cm³/mol. The molecule has 4 rings (SSSR count). The van der Waals surface area contributed by atoms with E-state index in [0.717, 1.165) is 35.7 Å². The first-order chi connectivity index (χ1) is 16.8. The lowest BCUT2D eigenvalue weighted by Crippen LogP contribution is -2.25. The van der Waals surface area contributed by atoms with Gasteiger partial charge in [0.05, 0.1) is 22.3 Å². The van der Waals surface area contributed by atoms with Gasteiger partial charge < -0.3 is 10.2 Å². The van der Waals surface area contributed by atoms with Crippen molar-refractivity contribution in [3.63, 3.8) is 0 Å². The van der Waals surface area contributed by atoms with E-state index in [9.17, 15) is 13.2 Å². The number of anilines is 2. The first kappa shape index (κ1) is 24.9. The van der Waals surface area contributed by atoms with Crippen LogP contribution in [0, 0.1) is 0 Å². The number of carbonyl (C=O) groups is 1. The topological polar surface area (TPSA) is 92.3 Å². The molecule has 35 heavy (non-hydrogen) atoms. The molecule has 1 aliphatic heterocycles. The minimum Gasteiger partial charge on any atom is -0.355 e. The van der Waals surface area contributed by atoms with Crippen LogP contribution >= 0.6 is 0 Å². The molecule has 0 radical (unpaired) electrons. The van der Waals surface area contributed by atoms with Crippen molar-refractivity contribution in [2.24, 2.45) is 0 Å². The minimum absolute atomic E-state index is 0.149. The van der Waals surface area contributed by atoms with Gasteiger partial charge in [0.25, 0.3) is 0 Å². The number of nitrogens with one attached hydrogen (secondary N) is 1. The predicted octanol–water partition coefficient (Wildman–Crippen LogP) is 4.89. The van der Waals surface area contributed by atoms with E-state index in [1.165, 1.54) is 25.7 Å². The Hall–Kier alpha value is -3.26. The lowest BCUT2D eigenvalue weighted by atomic mass is 10.1. The molecule has 0 saturated carbocycles. The lowest BCUT2D eigenvalue weighted by molar-refractivity contribution is -0.115. The van der Waals surface area contributed by atoms with Crippen LogP contribution in [-0.4, -0.2) is 42.9 Å². The first-order valence-corrected chi connectivity index (χ1v) is 13.7. The molecule has 2 heterocycles. The smallest absolute Gasteiger partial charge is 0.228 e. The fourth-order valence-corrected chi connectivity index (χ4v) is 5.22. The molecule has 0 bridgehead atoms. The highest BCUT2D eigenvalue weighted by molar-refractivity contribution is 7.92. The number of sulfone groups is 1. The second-order valence-corrected chi connectivity index (χ2v) is 11.7. The maximum Gasteiger partial charge on any atom is 0.228 e. The molecular weight excluding hydrogens is 460 g/mol. The van der Waals surface area contributed by atoms with Crippen LogP contribution in [0.5, 0.6) is 0 Å². The Balaban J connectivity index is 1.39. The fraction of sp³-hybridized carbons (Fsp3) is 0.370. The zero-order valence-corrected chi connectivity index (χ0v) is 21.1. The summed E-state index contributed by atoms with van der Waals surface area (Å²) >= 11 is 0. The number of hydrogen-bond donors (Lipinski definition) is 1. The first-order valence-electron chi connectivity index (χ1n) is 12.1. The van der Waals surface area contributed by atoms with Crippen molar-refractivity contribution >= 4 is 27.2 Å². The Morgan fingerprint density at radius 1 is 0.943 bits per heavy atom. The average Bonchev–Trinajstić information content (AvgIpc) is 3.14. The van der Waals surface area contributed by atoms with E-state index in [1.807, 2.05) is 36.4 Å². The van der Waals surface area contributed by atoms with Crippen LogP contribution in [0.3, 0.4) is 0 Å². The van der Waals surface area contributed by atoms with Gasteiger partial charge in [0, 0.05) is 24.3 Å². The Labute approximate surface area is 207 Å². The van der Waals surface area contributed by atoms with Gasteiger partial charge in [-0.1, -0.05) is 37.1 Å². The standard InChI is InChI=1S/C27H32N4O3S/c1-20(2)35(33,34)24-12-10-21(11-13-24)18-27(32)28-23-9-7-8-22(19-23)25-14-15-26(30-29-25)31-16-5-3-4-6-17-31/h7-15,19-20H,3-6,16-18H2,1-2H3,(H,28,32). The van der Waals surface area contributed by atoms with Gasteiger partial charge in [-0.25, -0.2) is 8.42 Å². The number of hydrogen-bond acceptors (Lipinski definition) is 6. The maximum atomic E-state index is 12.6. The Morgan fingerprint density at radius 2 is 1.66 bits per heavy atom. The Kier molecular flexibility index (Phi) is 7.80.